The zero-order chi connectivity index (χ0) is 18.1. The molecule has 0 spiro atoms. The summed E-state index contributed by atoms with van der Waals surface area (Å²) in [7, 11) is 0. The number of hydrogen-bond donors (Lipinski definition) is 1. The van der Waals surface area contributed by atoms with E-state index in [1.807, 2.05) is 31.2 Å². The predicted molar refractivity (Wildman–Crippen MR) is 97.7 cm³/mol. The third kappa shape index (κ3) is 6.39. The van der Waals surface area contributed by atoms with Gasteiger partial charge in [-0.3, -0.25) is 14.9 Å². The molecule has 0 fully saturated rings. The number of amides is 1. The fraction of sp³-hybridized carbons (Fsp3) is 0.278. The second kappa shape index (κ2) is 9.58. The van der Waals surface area contributed by atoms with Gasteiger partial charge in [-0.25, -0.2) is 4.98 Å². The summed E-state index contributed by atoms with van der Waals surface area (Å²) in [5.74, 6) is 0.174. The van der Waals surface area contributed by atoms with E-state index in [1.165, 1.54) is 17.4 Å². The smallest absolute Gasteiger partial charge is 0.311 e. The Morgan fingerprint density at radius 3 is 2.64 bits per heavy atom. The van der Waals surface area contributed by atoms with Crippen LogP contribution in [0.4, 0.5) is 5.13 Å². The summed E-state index contributed by atoms with van der Waals surface area (Å²) in [6.07, 6.45) is 3.24. The van der Waals surface area contributed by atoms with Gasteiger partial charge < -0.3 is 9.47 Å². The van der Waals surface area contributed by atoms with E-state index in [0.717, 1.165) is 11.3 Å². The minimum Gasteiger partial charge on any atom is -0.494 e. The molecule has 1 aromatic carbocycles. The van der Waals surface area contributed by atoms with Crippen LogP contribution in [0.5, 0.6) is 5.75 Å². The first-order valence-corrected chi connectivity index (χ1v) is 8.80. The minimum absolute atomic E-state index is 0.0994. The van der Waals surface area contributed by atoms with Gasteiger partial charge in [-0.1, -0.05) is 12.1 Å². The summed E-state index contributed by atoms with van der Waals surface area (Å²) in [6.45, 7) is 4.63. The number of thiazole rings is 1. The van der Waals surface area contributed by atoms with Gasteiger partial charge in [0.25, 0.3) is 0 Å². The average molecular weight is 360 g/mol. The van der Waals surface area contributed by atoms with Gasteiger partial charge in [-0.2, -0.15) is 0 Å². The van der Waals surface area contributed by atoms with Crippen LogP contribution in [-0.4, -0.2) is 30.1 Å². The normalized spacial score (nSPS) is 10.6. The van der Waals surface area contributed by atoms with E-state index in [1.54, 1.807) is 18.4 Å². The number of hydrogen-bond acceptors (Lipinski definition) is 6. The molecule has 2 aromatic rings. The Labute approximate surface area is 150 Å². The first-order chi connectivity index (χ1) is 12.1. The van der Waals surface area contributed by atoms with Crippen LogP contribution in [0.2, 0.25) is 0 Å². The number of rotatable bonds is 8. The van der Waals surface area contributed by atoms with Gasteiger partial charge in [0.05, 0.1) is 25.3 Å². The number of anilines is 1. The van der Waals surface area contributed by atoms with Crippen LogP contribution in [0.25, 0.3) is 6.08 Å². The van der Waals surface area contributed by atoms with Crippen LogP contribution >= 0.6 is 11.3 Å². The number of benzene rings is 1. The summed E-state index contributed by atoms with van der Waals surface area (Å²) in [5.41, 5.74) is 1.47. The second-order valence-electron chi connectivity index (χ2n) is 4.95. The van der Waals surface area contributed by atoms with E-state index in [2.05, 4.69) is 10.3 Å². The SMILES string of the molecule is CCOC(=O)Cc1csc(NC(=O)C=Cc2ccc(OCC)cc2)n1. The molecule has 0 aliphatic heterocycles. The Kier molecular flexibility index (Phi) is 7.16. The van der Waals surface area contributed by atoms with Crippen molar-refractivity contribution in [1.82, 2.24) is 4.98 Å². The van der Waals surface area contributed by atoms with Gasteiger partial charge in [-0.15, -0.1) is 11.3 Å². The zero-order valence-electron chi connectivity index (χ0n) is 14.2. The van der Waals surface area contributed by atoms with Crippen LogP contribution in [0.15, 0.2) is 35.7 Å². The number of nitrogens with one attached hydrogen (secondary N) is 1. The number of carbonyl (C=O) groups is 2. The molecule has 25 heavy (non-hydrogen) atoms. The molecule has 0 aliphatic rings. The fourth-order valence-electron chi connectivity index (χ4n) is 1.97. The number of esters is 1. The molecule has 2 rings (SSSR count). The molecule has 0 bridgehead atoms. The summed E-state index contributed by atoms with van der Waals surface area (Å²) < 4.78 is 10.2. The molecule has 1 heterocycles. The Balaban J connectivity index is 1.87. The first kappa shape index (κ1) is 18.7. The van der Waals surface area contributed by atoms with E-state index in [9.17, 15) is 9.59 Å². The Bertz CT molecular complexity index is 738. The topological polar surface area (TPSA) is 77.5 Å². The standard InChI is InChI=1S/C18H20N2O4S/c1-3-23-15-8-5-13(6-9-15)7-10-16(21)20-18-19-14(12-25-18)11-17(22)24-4-2/h5-10,12H,3-4,11H2,1-2H3,(H,19,20,21). The monoisotopic (exact) mass is 360 g/mol. The molecule has 0 unspecified atom stereocenters. The lowest BCUT2D eigenvalue weighted by molar-refractivity contribution is -0.142. The Morgan fingerprint density at radius 1 is 1.20 bits per heavy atom. The van der Waals surface area contributed by atoms with Gasteiger partial charge >= 0.3 is 5.97 Å². The van der Waals surface area contributed by atoms with Crippen LogP contribution in [-0.2, 0) is 20.7 Å². The molecule has 7 heteroatoms. The van der Waals surface area contributed by atoms with Crippen molar-refractivity contribution >= 4 is 34.4 Å². The summed E-state index contributed by atoms with van der Waals surface area (Å²) in [6, 6.07) is 7.44. The number of nitrogens with zero attached hydrogens (tertiary/aromatic N) is 1. The molecular formula is C18H20N2O4S. The summed E-state index contributed by atoms with van der Waals surface area (Å²) >= 11 is 1.27. The lowest BCUT2D eigenvalue weighted by Gasteiger charge is -2.02. The molecule has 0 aliphatic carbocycles. The van der Waals surface area contributed by atoms with Crippen molar-refractivity contribution in [2.24, 2.45) is 0 Å². The number of carbonyl (C=O) groups excluding carboxylic acids is 2. The molecular weight excluding hydrogens is 340 g/mol. The second-order valence-corrected chi connectivity index (χ2v) is 5.81. The van der Waals surface area contributed by atoms with Gasteiger partial charge in [0, 0.05) is 11.5 Å². The van der Waals surface area contributed by atoms with E-state index in [4.69, 9.17) is 9.47 Å². The summed E-state index contributed by atoms with van der Waals surface area (Å²) in [4.78, 5) is 27.5. The maximum Gasteiger partial charge on any atom is 0.311 e. The molecule has 0 saturated carbocycles. The van der Waals surface area contributed by atoms with Crippen LogP contribution < -0.4 is 10.1 Å². The van der Waals surface area contributed by atoms with E-state index >= 15 is 0 Å². The molecule has 1 aromatic heterocycles. The Morgan fingerprint density at radius 2 is 1.96 bits per heavy atom. The third-order valence-corrected chi connectivity index (χ3v) is 3.84. The van der Waals surface area contributed by atoms with Gasteiger partial charge in [0.1, 0.15) is 5.75 Å². The number of ether oxygens (including phenoxy) is 2. The molecule has 0 radical (unpaired) electrons. The lowest BCUT2D eigenvalue weighted by Crippen LogP contribution is -2.09. The van der Waals surface area contributed by atoms with Crippen LogP contribution in [0.1, 0.15) is 25.1 Å². The zero-order valence-corrected chi connectivity index (χ0v) is 15.0. The van der Waals surface area contributed by atoms with Crippen molar-refractivity contribution in [3.63, 3.8) is 0 Å². The molecule has 6 nitrogen and oxygen atoms in total. The van der Waals surface area contributed by atoms with Crippen molar-refractivity contribution in [2.75, 3.05) is 18.5 Å². The lowest BCUT2D eigenvalue weighted by atomic mass is 10.2. The molecule has 0 saturated heterocycles. The van der Waals surface area contributed by atoms with E-state index in [-0.39, 0.29) is 18.3 Å². The molecule has 1 N–H and O–H groups in total. The largest absolute Gasteiger partial charge is 0.494 e. The van der Waals surface area contributed by atoms with E-state index in [0.29, 0.717) is 24.0 Å². The number of aromatic nitrogens is 1. The highest BCUT2D eigenvalue weighted by Gasteiger charge is 2.09. The maximum atomic E-state index is 11.9. The summed E-state index contributed by atoms with van der Waals surface area (Å²) in [5, 5.41) is 4.84. The first-order valence-electron chi connectivity index (χ1n) is 7.92. The average Bonchev–Trinajstić information content (AvgIpc) is 3.01. The third-order valence-electron chi connectivity index (χ3n) is 3.03. The predicted octanol–water partition coefficient (Wildman–Crippen LogP) is 3.30. The van der Waals surface area contributed by atoms with Gasteiger partial charge in [-0.05, 0) is 37.6 Å². The van der Waals surface area contributed by atoms with Crippen molar-refractivity contribution in [1.29, 1.82) is 0 Å². The highest BCUT2D eigenvalue weighted by molar-refractivity contribution is 7.14. The highest BCUT2D eigenvalue weighted by Crippen LogP contribution is 2.17. The van der Waals surface area contributed by atoms with Gasteiger partial charge in [0.15, 0.2) is 5.13 Å². The van der Waals surface area contributed by atoms with Crippen molar-refractivity contribution in [3.8, 4) is 5.75 Å². The molecule has 132 valence electrons. The van der Waals surface area contributed by atoms with Crippen LogP contribution in [0, 0.1) is 0 Å². The quantitative estimate of drug-likeness (QED) is 0.577. The van der Waals surface area contributed by atoms with E-state index < -0.39 is 0 Å². The van der Waals surface area contributed by atoms with Crippen molar-refractivity contribution < 1.29 is 19.1 Å². The molecule has 0 atom stereocenters. The van der Waals surface area contributed by atoms with Crippen molar-refractivity contribution in [2.45, 2.75) is 20.3 Å². The minimum atomic E-state index is -0.332. The Hall–Kier alpha value is -2.67. The van der Waals surface area contributed by atoms with Crippen LogP contribution in [0.3, 0.4) is 0 Å². The maximum absolute atomic E-state index is 11.9. The van der Waals surface area contributed by atoms with Gasteiger partial charge in [0.2, 0.25) is 5.91 Å². The highest BCUT2D eigenvalue weighted by atomic mass is 32.1. The fourth-order valence-corrected chi connectivity index (χ4v) is 2.68. The molecule has 1 amide bonds. The van der Waals surface area contributed by atoms with Crippen molar-refractivity contribution in [3.05, 3.63) is 47.0 Å².